The van der Waals surface area contributed by atoms with Gasteiger partial charge in [-0.3, -0.25) is 10.1 Å². The quantitative estimate of drug-likeness (QED) is 0.513. The van der Waals surface area contributed by atoms with E-state index in [1.807, 2.05) is 12.1 Å². The van der Waals surface area contributed by atoms with Gasteiger partial charge in [-0.05, 0) is 71.2 Å². The third kappa shape index (κ3) is 4.81. The first kappa shape index (κ1) is 16.5. The van der Waals surface area contributed by atoms with Gasteiger partial charge in [-0.25, -0.2) is 0 Å². The first-order chi connectivity index (χ1) is 9.95. The Balaban J connectivity index is 2.01. The number of thiocarbonyl (C=S) groups is 1. The molecule has 2 rings (SSSR count). The van der Waals surface area contributed by atoms with Crippen LogP contribution in [-0.2, 0) is 0 Å². The lowest BCUT2D eigenvalue weighted by atomic mass is 10.2. The molecule has 0 aliphatic carbocycles. The smallest absolute Gasteiger partial charge is 0.257 e. The number of hydrogen-bond donors (Lipinski definition) is 2. The van der Waals surface area contributed by atoms with Gasteiger partial charge < -0.3 is 5.32 Å². The van der Waals surface area contributed by atoms with Crippen LogP contribution in [0.15, 0.2) is 42.5 Å². The number of nitrogens with one attached hydrogen (secondary N) is 2. The molecule has 21 heavy (non-hydrogen) atoms. The number of amides is 1. The number of anilines is 1. The summed E-state index contributed by atoms with van der Waals surface area (Å²) in [5, 5.41) is 6.54. The third-order valence-electron chi connectivity index (χ3n) is 2.49. The fourth-order valence-electron chi connectivity index (χ4n) is 1.54. The van der Waals surface area contributed by atoms with Crippen molar-refractivity contribution in [1.82, 2.24) is 5.32 Å². The highest BCUT2D eigenvalue weighted by Gasteiger charge is 2.08. The molecule has 3 nitrogen and oxygen atoms in total. The molecule has 0 saturated carbocycles. The predicted octanol–water partition coefficient (Wildman–Crippen LogP) is 4.72. The van der Waals surface area contributed by atoms with Crippen molar-refractivity contribution in [3.63, 3.8) is 0 Å². The van der Waals surface area contributed by atoms with Crippen LogP contribution in [0, 0.1) is 3.57 Å². The molecule has 0 fully saturated rings. The molecule has 0 saturated heterocycles. The summed E-state index contributed by atoms with van der Waals surface area (Å²) in [6.45, 7) is 0. The van der Waals surface area contributed by atoms with Crippen LogP contribution in [0.4, 0.5) is 5.69 Å². The van der Waals surface area contributed by atoms with Gasteiger partial charge in [0.1, 0.15) is 0 Å². The van der Waals surface area contributed by atoms with E-state index in [9.17, 15) is 4.79 Å². The van der Waals surface area contributed by atoms with Crippen molar-refractivity contribution in [2.75, 3.05) is 5.32 Å². The Morgan fingerprint density at radius 2 is 1.86 bits per heavy atom. The summed E-state index contributed by atoms with van der Waals surface area (Å²) in [5.41, 5.74) is 1.19. The largest absolute Gasteiger partial charge is 0.332 e. The van der Waals surface area contributed by atoms with Crippen molar-refractivity contribution in [1.29, 1.82) is 0 Å². The number of carbonyl (C=O) groups excluding carboxylic acids is 1. The van der Waals surface area contributed by atoms with Crippen LogP contribution in [0.3, 0.4) is 0 Å². The van der Waals surface area contributed by atoms with Crippen LogP contribution >= 0.6 is 58.0 Å². The summed E-state index contributed by atoms with van der Waals surface area (Å²) in [5.74, 6) is -0.272. The fraction of sp³-hybridized carbons (Fsp3) is 0. The minimum absolute atomic E-state index is 0.192. The molecule has 0 aromatic heterocycles. The highest BCUT2D eigenvalue weighted by molar-refractivity contribution is 14.1. The molecular formula is C14H9Cl2IN2OS. The topological polar surface area (TPSA) is 41.1 Å². The van der Waals surface area contributed by atoms with Gasteiger partial charge in [-0.15, -0.1) is 0 Å². The monoisotopic (exact) mass is 450 g/mol. The molecule has 0 aliphatic rings. The molecule has 0 unspecified atom stereocenters. The van der Waals surface area contributed by atoms with Crippen LogP contribution < -0.4 is 10.6 Å². The summed E-state index contributed by atoms with van der Waals surface area (Å²) in [7, 11) is 0. The average molecular weight is 451 g/mol. The van der Waals surface area contributed by atoms with Gasteiger partial charge in [-0.1, -0.05) is 29.3 Å². The van der Waals surface area contributed by atoms with E-state index < -0.39 is 0 Å². The highest BCUT2D eigenvalue weighted by Crippen LogP contribution is 2.24. The van der Waals surface area contributed by atoms with Crippen molar-refractivity contribution < 1.29 is 4.79 Å². The van der Waals surface area contributed by atoms with Crippen molar-refractivity contribution in [2.45, 2.75) is 0 Å². The third-order valence-corrected chi connectivity index (χ3v) is 4.11. The molecule has 0 spiro atoms. The second-order valence-corrected chi connectivity index (χ2v) is 6.52. The summed E-state index contributed by atoms with van der Waals surface area (Å²) in [6.07, 6.45) is 0. The summed E-state index contributed by atoms with van der Waals surface area (Å²) in [6, 6.07) is 12.2. The van der Waals surface area contributed by atoms with Crippen LogP contribution in [0.1, 0.15) is 10.4 Å². The number of rotatable bonds is 2. The summed E-state index contributed by atoms with van der Waals surface area (Å²) >= 11 is 19.0. The maximum absolute atomic E-state index is 12.0. The first-order valence-electron chi connectivity index (χ1n) is 5.78. The van der Waals surface area contributed by atoms with Gasteiger partial charge in [0.15, 0.2) is 5.11 Å². The van der Waals surface area contributed by atoms with Crippen LogP contribution in [0.5, 0.6) is 0 Å². The van der Waals surface area contributed by atoms with Gasteiger partial charge >= 0.3 is 0 Å². The maximum atomic E-state index is 12.0. The second-order valence-electron chi connectivity index (χ2n) is 4.05. The second kappa shape index (κ2) is 7.40. The Labute approximate surface area is 151 Å². The van der Waals surface area contributed by atoms with E-state index in [1.165, 1.54) is 0 Å². The summed E-state index contributed by atoms with van der Waals surface area (Å²) in [4.78, 5) is 12.0. The zero-order valence-corrected chi connectivity index (χ0v) is 15.0. The first-order valence-corrected chi connectivity index (χ1v) is 8.03. The minimum atomic E-state index is -0.272. The number of carbonyl (C=O) groups is 1. The Kier molecular flexibility index (Phi) is 5.80. The normalized spacial score (nSPS) is 10.0. The van der Waals surface area contributed by atoms with E-state index in [4.69, 9.17) is 35.4 Å². The number of benzene rings is 2. The van der Waals surface area contributed by atoms with Crippen LogP contribution in [-0.4, -0.2) is 11.0 Å². The summed E-state index contributed by atoms with van der Waals surface area (Å²) < 4.78 is 0.976. The highest BCUT2D eigenvalue weighted by atomic mass is 127. The van der Waals surface area contributed by atoms with Crippen molar-refractivity contribution in [3.8, 4) is 0 Å². The Morgan fingerprint density at radius 3 is 2.52 bits per heavy atom. The van der Waals surface area contributed by atoms with E-state index >= 15 is 0 Å². The Bertz CT molecular complexity index is 709. The molecule has 108 valence electrons. The zero-order chi connectivity index (χ0) is 15.4. The Hall–Kier alpha value is -0.890. The van der Waals surface area contributed by atoms with E-state index in [-0.39, 0.29) is 11.0 Å². The molecule has 0 aliphatic heterocycles. The lowest BCUT2D eigenvalue weighted by Crippen LogP contribution is -2.34. The zero-order valence-electron chi connectivity index (χ0n) is 10.5. The molecular weight excluding hydrogens is 442 g/mol. The van der Waals surface area contributed by atoms with Gasteiger partial charge in [-0.2, -0.15) is 0 Å². The molecule has 7 heteroatoms. The molecule has 0 heterocycles. The molecule has 2 aromatic carbocycles. The molecule has 0 radical (unpaired) electrons. The molecule has 1 amide bonds. The minimum Gasteiger partial charge on any atom is -0.332 e. The van der Waals surface area contributed by atoms with Gasteiger partial charge in [0.25, 0.3) is 5.91 Å². The average Bonchev–Trinajstić information content (AvgIpc) is 2.43. The van der Waals surface area contributed by atoms with E-state index in [1.54, 1.807) is 30.3 Å². The molecule has 0 atom stereocenters. The lowest BCUT2D eigenvalue weighted by molar-refractivity contribution is 0.0977. The van der Waals surface area contributed by atoms with Gasteiger partial charge in [0.05, 0.1) is 10.0 Å². The molecule has 2 aromatic rings. The standard InChI is InChI=1S/C14H9Cl2IN2OS/c15-11-5-4-10(7-12(11)16)18-14(21)19-13(20)8-2-1-3-9(17)6-8/h1-7H,(H2,18,19,20,21). The van der Waals surface area contributed by atoms with Gasteiger partial charge in [0.2, 0.25) is 0 Å². The predicted molar refractivity (Wildman–Crippen MR) is 99.3 cm³/mol. The number of halogens is 3. The Morgan fingerprint density at radius 1 is 1.10 bits per heavy atom. The van der Waals surface area contributed by atoms with Crippen molar-refractivity contribution in [2.24, 2.45) is 0 Å². The van der Waals surface area contributed by atoms with Crippen molar-refractivity contribution in [3.05, 3.63) is 61.6 Å². The van der Waals surface area contributed by atoms with E-state index in [0.29, 0.717) is 21.3 Å². The SMILES string of the molecule is O=C(NC(=S)Nc1ccc(Cl)c(Cl)c1)c1cccc(I)c1. The van der Waals surface area contributed by atoms with Gasteiger partial charge in [0, 0.05) is 14.8 Å². The molecule has 2 N–H and O–H groups in total. The molecule has 0 bridgehead atoms. The lowest BCUT2D eigenvalue weighted by Gasteiger charge is -2.10. The van der Waals surface area contributed by atoms with Crippen molar-refractivity contribution >= 4 is 74.7 Å². The maximum Gasteiger partial charge on any atom is 0.257 e. The number of hydrogen-bond acceptors (Lipinski definition) is 2. The van der Waals surface area contributed by atoms with E-state index in [0.717, 1.165) is 3.57 Å². The van der Waals surface area contributed by atoms with Crippen LogP contribution in [0.25, 0.3) is 0 Å². The fourth-order valence-corrected chi connectivity index (χ4v) is 2.59. The van der Waals surface area contributed by atoms with Crippen LogP contribution in [0.2, 0.25) is 10.0 Å². The van der Waals surface area contributed by atoms with E-state index in [2.05, 4.69) is 33.2 Å².